The Hall–Kier alpha value is -2.85. The summed E-state index contributed by atoms with van der Waals surface area (Å²) in [5, 5.41) is 3.66. The minimum absolute atomic E-state index is 0.237. The average molecular weight is 577 g/mol. The summed E-state index contributed by atoms with van der Waals surface area (Å²) in [5.74, 6) is -0.632. The first-order chi connectivity index (χ1) is 18.7. The van der Waals surface area contributed by atoms with Crippen molar-refractivity contribution < 1.29 is 19.1 Å². The first-order valence-electron chi connectivity index (χ1n) is 13.3. The number of amides is 3. The van der Waals surface area contributed by atoms with Crippen LogP contribution in [0.3, 0.4) is 0 Å². The molecule has 1 fully saturated rings. The van der Waals surface area contributed by atoms with Crippen molar-refractivity contribution in [1.82, 2.24) is 10.2 Å². The van der Waals surface area contributed by atoms with Gasteiger partial charge >= 0.3 is 0 Å². The Morgan fingerprint density at radius 3 is 2.56 bits per heavy atom. The average Bonchev–Trinajstić information content (AvgIpc) is 2.93. The van der Waals surface area contributed by atoms with Crippen LogP contribution in [0, 0.1) is 0 Å². The topological polar surface area (TPSA) is 108 Å². The number of hydrogen-bond acceptors (Lipinski definition) is 7. The van der Waals surface area contributed by atoms with Gasteiger partial charge in [-0.15, -0.1) is 0 Å². The molecular weight excluding hydrogens is 541 g/mol. The fourth-order valence-corrected chi connectivity index (χ4v) is 5.21. The summed E-state index contributed by atoms with van der Waals surface area (Å²) in [4.78, 5) is 43.0. The van der Waals surface area contributed by atoms with Crippen LogP contribution in [-0.2, 0) is 20.8 Å². The highest BCUT2D eigenvalue weighted by Gasteiger charge is 2.30. The number of halogens is 2. The van der Waals surface area contributed by atoms with E-state index in [0.29, 0.717) is 34.5 Å². The van der Waals surface area contributed by atoms with E-state index < -0.39 is 17.9 Å². The molecule has 210 valence electrons. The number of carbonyl (C=O) groups excluding carboxylic acids is 3. The summed E-state index contributed by atoms with van der Waals surface area (Å²) >= 11 is 12.5. The lowest BCUT2D eigenvalue weighted by Gasteiger charge is -2.36. The van der Waals surface area contributed by atoms with Crippen LogP contribution in [0.2, 0.25) is 10.0 Å². The van der Waals surface area contributed by atoms with E-state index in [1.807, 2.05) is 24.3 Å². The van der Waals surface area contributed by atoms with E-state index in [4.69, 9.17) is 33.7 Å². The fraction of sp³-hybridized carbons (Fsp3) is 0.464. The van der Waals surface area contributed by atoms with E-state index in [1.165, 1.54) is 6.92 Å². The van der Waals surface area contributed by atoms with E-state index >= 15 is 0 Å². The molecule has 0 aliphatic carbocycles. The van der Waals surface area contributed by atoms with Crippen molar-refractivity contribution in [3.63, 3.8) is 0 Å². The van der Waals surface area contributed by atoms with Gasteiger partial charge in [0, 0.05) is 38.7 Å². The van der Waals surface area contributed by atoms with Crippen molar-refractivity contribution in [1.29, 1.82) is 0 Å². The molecule has 0 bridgehead atoms. The molecular formula is C28H35Cl2N5O4. The quantitative estimate of drug-likeness (QED) is 0.418. The minimum Gasteiger partial charge on any atom is -0.494 e. The third kappa shape index (κ3) is 7.42. The van der Waals surface area contributed by atoms with Gasteiger partial charge in [-0.2, -0.15) is 0 Å². The monoisotopic (exact) mass is 575 g/mol. The highest BCUT2D eigenvalue weighted by atomic mass is 35.5. The van der Waals surface area contributed by atoms with Crippen LogP contribution in [0.5, 0.6) is 5.75 Å². The van der Waals surface area contributed by atoms with Crippen LogP contribution < -0.4 is 25.6 Å². The van der Waals surface area contributed by atoms with Crippen molar-refractivity contribution in [2.24, 2.45) is 5.73 Å². The van der Waals surface area contributed by atoms with Crippen molar-refractivity contribution in [2.75, 3.05) is 55.7 Å². The van der Waals surface area contributed by atoms with Crippen LogP contribution in [0.4, 0.5) is 11.4 Å². The lowest BCUT2D eigenvalue weighted by molar-refractivity contribution is -0.129. The van der Waals surface area contributed by atoms with Crippen LogP contribution >= 0.6 is 23.2 Å². The summed E-state index contributed by atoms with van der Waals surface area (Å²) in [6.07, 6.45) is 2.66. The zero-order chi connectivity index (χ0) is 27.9. The molecule has 2 aromatic carbocycles. The molecule has 2 aliphatic heterocycles. The molecule has 4 rings (SSSR count). The fourth-order valence-electron chi connectivity index (χ4n) is 4.79. The predicted molar refractivity (Wildman–Crippen MR) is 154 cm³/mol. The Kier molecular flexibility index (Phi) is 10.1. The molecule has 0 spiro atoms. The smallest absolute Gasteiger partial charge is 0.253 e. The Bertz CT molecular complexity index is 1200. The van der Waals surface area contributed by atoms with Crippen molar-refractivity contribution in [3.8, 4) is 5.75 Å². The molecule has 3 amide bonds. The summed E-state index contributed by atoms with van der Waals surface area (Å²) in [7, 11) is 0. The number of fused-ring (bicyclic) bond motifs is 1. The first kappa shape index (κ1) is 29.1. The van der Waals surface area contributed by atoms with Gasteiger partial charge < -0.3 is 20.7 Å². The Balaban J connectivity index is 1.22. The maximum atomic E-state index is 12.8. The Morgan fingerprint density at radius 1 is 1.05 bits per heavy atom. The van der Waals surface area contributed by atoms with E-state index in [0.717, 1.165) is 61.7 Å². The first-order valence-corrected chi connectivity index (χ1v) is 14.1. The standard InChI is InChI=1S/C28H35Cl2N5O4/c1-19(31)28(38)32-18-26(37)35-24-17-21(9-7-20(24)8-10-25(35)36)39-16-3-2-11-33-12-14-34(15-13-33)23-6-4-5-22(29)27(23)30/h4-7,9,17,19H,2-3,8,10-16,18,31H2,1H3,(H,32,38). The number of benzene rings is 2. The van der Waals surface area contributed by atoms with Crippen LogP contribution in [0.1, 0.15) is 31.7 Å². The van der Waals surface area contributed by atoms with Crippen LogP contribution in [0.15, 0.2) is 36.4 Å². The van der Waals surface area contributed by atoms with E-state index in [9.17, 15) is 14.4 Å². The third-order valence-corrected chi connectivity index (χ3v) is 7.82. The number of aryl methyl sites for hydroxylation is 1. The number of nitrogens with two attached hydrogens (primary N) is 1. The largest absolute Gasteiger partial charge is 0.494 e. The number of unbranched alkanes of at least 4 members (excludes halogenated alkanes) is 1. The molecule has 2 heterocycles. The Morgan fingerprint density at radius 2 is 1.82 bits per heavy atom. The van der Waals surface area contributed by atoms with Crippen molar-refractivity contribution >= 4 is 52.3 Å². The highest BCUT2D eigenvalue weighted by molar-refractivity contribution is 6.43. The molecule has 9 nitrogen and oxygen atoms in total. The number of anilines is 2. The molecule has 11 heteroatoms. The van der Waals surface area contributed by atoms with Gasteiger partial charge in [0.2, 0.25) is 11.8 Å². The molecule has 0 saturated carbocycles. The summed E-state index contributed by atoms with van der Waals surface area (Å²) in [6, 6.07) is 10.5. The number of nitrogens with zero attached hydrogens (tertiary/aromatic N) is 3. The van der Waals surface area contributed by atoms with E-state index in [1.54, 1.807) is 12.1 Å². The maximum Gasteiger partial charge on any atom is 0.253 e. The lowest BCUT2D eigenvalue weighted by Crippen LogP contribution is -2.48. The highest BCUT2D eigenvalue weighted by Crippen LogP contribution is 2.33. The number of rotatable bonds is 10. The molecule has 1 atom stereocenters. The van der Waals surface area contributed by atoms with Crippen molar-refractivity contribution in [2.45, 2.75) is 38.6 Å². The van der Waals surface area contributed by atoms with E-state index in [2.05, 4.69) is 15.1 Å². The zero-order valence-corrected chi connectivity index (χ0v) is 23.6. The number of piperazine rings is 1. The molecule has 0 aromatic heterocycles. The number of hydrogen-bond donors (Lipinski definition) is 2. The minimum atomic E-state index is -0.736. The van der Waals surface area contributed by atoms with Gasteiger partial charge in [-0.05, 0) is 56.5 Å². The number of imide groups is 1. The van der Waals surface area contributed by atoms with Crippen molar-refractivity contribution in [3.05, 3.63) is 52.0 Å². The second-order valence-corrected chi connectivity index (χ2v) is 10.7. The summed E-state index contributed by atoms with van der Waals surface area (Å²) in [5.41, 5.74) is 7.93. The van der Waals surface area contributed by atoms with Crippen LogP contribution in [-0.4, -0.2) is 74.5 Å². The summed E-state index contributed by atoms with van der Waals surface area (Å²) < 4.78 is 5.96. The van der Waals surface area contributed by atoms with E-state index in [-0.39, 0.29) is 18.9 Å². The van der Waals surface area contributed by atoms with Gasteiger partial charge in [0.1, 0.15) is 5.75 Å². The third-order valence-electron chi connectivity index (χ3n) is 7.01. The SMILES string of the molecule is CC(N)C(=O)NCC(=O)N1C(=O)CCc2ccc(OCCCCN3CCN(c4cccc(Cl)c4Cl)CC3)cc21. The molecule has 2 aromatic rings. The number of ether oxygens (including phenoxy) is 1. The van der Waals surface area contributed by atoms with Gasteiger partial charge in [0.15, 0.2) is 0 Å². The predicted octanol–water partition coefficient (Wildman–Crippen LogP) is 3.24. The van der Waals surface area contributed by atoms with Gasteiger partial charge in [0.05, 0.1) is 40.6 Å². The van der Waals surface area contributed by atoms with Crippen LogP contribution in [0.25, 0.3) is 0 Å². The Labute approximate surface area is 239 Å². The molecule has 0 radical (unpaired) electrons. The van der Waals surface area contributed by atoms with Gasteiger partial charge in [0.25, 0.3) is 5.91 Å². The van der Waals surface area contributed by atoms with Gasteiger partial charge in [-0.3, -0.25) is 19.3 Å². The second kappa shape index (κ2) is 13.5. The molecule has 39 heavy (non-hydrogen) atoms. The second-order valence-electron chi connectivity index (χ2n) is 9.88. The maximum absolute atomic E-state index is 12.8. The molecule has 2 aliphatic rings. The molecule has 1 saturated heterocycles. The number of carbonyl (C=O) groups is 3. The molecule has 1 unspecified atom stereocenters. The molecule has 3 N–H and O–H groups in total. The van der Waals surface area contributed by atoms with Gasteiger partial charge in [-0.25, -0.2) is 4.90 Å². The zero-order valence-electron chi connectivity index (χ0n) is 22.1. The van der Waals surface area contributed by atoms with Gasteiger partial charge in [-0.1, -0.05) is 35.3 Å². The summed E-state index contributed by atoms with van der Waals surface area (Å²) in [6.45, 7) is 6.45. The number of nitrogens with one attached hydrogen (secondary N) is 1. The normalized spacial score (nSPS) is 16.6. The lowest BCUT2D eigenvalue weighted by atomic mass is 10.0.